The lowest BCUT2D eigenvalue weighted by Crippen LogP contribution is -2.51. The summed E-state index contributed by atoms with van der Waals surface area (Å²) in [7, 11) is 0. The number of aliphatic carboxylic acids is 1. The van der Waals surface area contributed by atoms with Gasteiger partial charge in [0.1, 0.15) is 0 Å². The number of carboxylic acid groups (broad SMARTS) is 1. The SMILES string of the molecule is CC(C)[C@@H](N)C(=O)N1CC(C(=O)O)Cc2ccccc21. The van der Waals surface area contributed by atoms with Gasteiger partial charge in [-0.25, -0.2) is 0 Å². The number of anilines is 1. The van der Waals surface area contributed by atoms with Gasteiger partial charge < -0.3 is 15.7 Å². The van der Waals surface area contributed by atoms with Crippen LogP contribution in [0.15, 0.2) is 24.3 Å². The summed E-state index contributed by atoms with van der Waals surface area (Å²) in [5.74, 6) is -1.65. The second-order valence-electron chi connectivity index (χ2n) is 5.59. The number of carboxylic acids is 1. The molecule has 0 bridgehead atoms. The van der Waals surface area contributed by atoms with Crippen LogP contribution in [0.5, 0.6) is 0 Å². The van der Waals surface area contributed by atoms with Gasteiger partial charge in [-0.15, -0.1) is 0 Å². The predicted molar refractivity (Wildman–Crippen MR) is 76.4 cm³/mol. The van der Waals surface area contributed by atoms with Crippen LogP contribution in [-0.2, 0) is 16.0 Å². The Morgan fingerprint density at radius 3 is 2.60 bits per heavy atom. The van der Waals surface area contributed by atoms with Crippen LogP contribution < -0.4 is 10.6 Å². The van der Waals surface area contributed by atoms with Crippen LogP contribution in [-0.4, -0.2) is 29.6 Å². The van der Waals surface area contributed by atoms with E-state index in [1.807, 2.05) is 38.1 Å². The molecule has 1 aliphatic heterocycles. The van der Waals surface area contributed by atoms with Gasteiger partial charge in [0.2, 0.25) is 5.91 Å². The number of nitrogens with two attached hydrogens (primary N) is 1. The number of para-hydroxylation sites is 1. The third-order valence-electron chi connectivity index (χ3n) is 3.77. The summed E-state index contributed by atoms with van der Waals surface area (Å²) >= 11 is 0. The summed E-state index contributed by atoms with van der Waals surface area (Å²) in [5.41, 5.74) is 7.60. The molecular weight excluding hydrogens is 256 g/mol. The molecule has 0 fully saturated rings. The van der Waals surface area contributed by atoms with Crippen molar-refractivity contribution in [2.75, 3.05) is 11.4 Å². The van der Waals surface area contributed by atoms with Crippen molar-refractivity contribution in [3.05, 3.63) is 29.8 Å². The van der Waals surface area contributed by atoms with Gasteiger partial charge in [0.25, 0.3) is 0 Å². The molecule has 0 spiro atoms. The Bertz CT molecular complexity index is 528. The van der Waals surface area contributed by atoms with Crippen LogP contribution in [0, 0.1) is 11.8 Å². The fourth-order valence-corrected chi connectivity index (χ4v) is 2.43. The fraction of sp³-hybridized carbons (Fsp3) is 0.467. The Labute approximate surface area is 118 Å². The van der Waals surface area contributed by atoms with Crippen molar-refractivity contribution < 1.29 is 14.7 Å². The monoisotopic (exact) mass is 276 g/mol. The summed E-state index contributed by atoms with van der Waals surface area (Å²) < 4.78 is 0. The molecule has 108 valence electrons. The summed E-state index contributed by atoms with van der Waals surface area (Å²) in [4.78, 5) is 25.3. The first-order valence-electron chi connectivity index (χ1n) is 6.79. The normalized spacial score (nSPS) is 19.6. The molecule has 1 aromatic carbocycles. The predicted octanol–water partition coefficient (Wildman–Crippen LogP) is 1.26. The van der Waals surface area contributed by atoms with Gasteiger partial charge in [-0.2, -0.15) is 0 Å². The van der Waals surface area contributed by atoms with Crippen molar-refractivity contribution in [1.29, 1.82) is 0 Å². The molecule has 0 aliphatic carbocycles. The lowest BCUT2D eigenvalue weighted by Gasteiger charge is -2.35. The first-order valence-corrected chi connectivity index (χ1v) is 6.79. The third kappa shape index (κ3) is 2.67. The largest absolute Gasteiger partial charge is 0.481 e. The number of carbonyl (C=O) groups is 2. The van der Waals surface area contributed by atoms with E-state index in [9.17, 15) is 14.7 Å². The maximum absolute atomic E-state index is 12.5. The van der Waals surface area contributed by atoms with E-state index in [4.69, 9.17) is 5.73 Å². The van der Waals surface area contributed by atoms with Crippen molar-refractivity contribution in [3.63, 3.8) is 0 Å². The highest BCUT2D eigenvalue weighted by Gasteiger charge is 2.34. The first kappa shape index (κ1) is 14.5. The van der Waals surface area contributed by atoms with Crippen LogP contribution in [0.25, 0.3) is 0 Å². The molecule has 1 aromatic rings. The highest BCUT2D eigenvalue weighted by Crippen LogP contribution is 2.30. The van der Waals surface area contributed by atoms with Gasteiger partial charge in [0, 0.05) is 12.2 Å². The number of hydrogen-bond acceptors (Lipinski definition) is 3. The van der Waals surface area contributed by atoms with E-state index in [2.05, 4.69) is 0 Å². The highest BCUT2D eigenvalue weighted by molar-refractivity contribution is 5.99. The molecule has 0 saturated heterocycles. The third-order valence-corrected chi connectivity index (χ3v) is 3.77. The van der Waals surface area contributed by atoms with Crippen molar-refractivity contribution >= 4 is 17.6 Å². The van der Waals surface area contributed by atoms with Gasteiger partial charge in [0.05, 0.1) is 12.0 Å². The number of amides is 1. The Kier molecular flexibility index (Phi) is 4.09. The van der Waals surface area contributed by atoms with E-state index in [-0.39, 0.29) is 18.4 Å². The quantitative estimate of drug-likeness (QED) is 0.870. The number of fused-ring (bicyclic) bond motifs is 1. The zero-order valence-corrected chi connectivity index (χ0v) is 11.7. The van der Waals surface area contributed by atoms with Crippen molar-refractivity contribution in [2.24, 2.45) is 17.6 Å². The maximum Gasteiger partial charge on any atom is 0.308 e. The minimum Gasteiger partial charge on any atom is -0.481 e. The molecule has 20 heavy (non-hydrogen) atoms. The summed E-state index contributed by atoms with van der Waals surface area (Å²) in [5, 5.41) is 9.24. The minimum atomic E-state index is -0.879. The summed E-state index contributed by atoms with van der Waals surface area (Å²) in [6, 6.07) is 6.80. The number of carbonyl (C=O) groups excluding carboxylic acids is 1. The smallest absolute Gasteiger partial charge is 0.308 e. The fourth-order valence-electron chi connectivity index (χ4n) is 2.43. The zero-order chi connectivity index (χ0) is 14.9. The lowest BCUT2D eigenvalue weighted by atomic mass is 9.91. The Balaban J connectivity index is 2.36. The minimum absolute atomic E-state index is 0.0138. The Hall–Kier alpha value is -1.88. The molecule has 0 aromatic heterocycles. The molecule has 1 amide bonds. The Morgan fingerprint density at radius 1 is 1.35 bits per heavy atom. The van der Waals surface area contributed by atoms with E-state index in [1.165, 1.54) is 4.90 Å². The topological polar surface area (TPSA) is 83.6 Å². The maximum atomic E-state index is 12.5. The number of nitrogens with zero attached hydrogens (tertiary/aromatic N) is 1. The number of rotatable bonds is 3. The second-order valence-corrected chi connectivity index (χ2v) is 5.59. The standard InChI is InChI=1S/C15H20N2O3/c1-9(2)13(16)14(18)17-8-11(15(19)20)7-10-5-3-4-6-12(10)17/h3-6,9,11,13H,7-8,16H2,1-2H3,(H,19,20)/t11?,13-/m1/s1. The van der Waals surface area contributed by atoms with E-state index in [0.29, 0.717) is 6.42 Å². The molecule has 0 saturated carbocycles. The van der Waals surface area contributed by atoms with Gasteiger partial charge in [-0.05, 0) is 24.0 Å². The summed E-state index contributed by atoms with van der Waals surface area (Å²) in [6.45, 7) is 3.95. The number of benzene rings is 1. The average molecular weight is 276 g/mol. The molecule has 2 atom stereocenters. The molecule has 3 N–H and O–H groups in total. The van der Waals surface area contributed by atoms with Crippen molar-refractivity contribution in [3.8, 4) is 0 Å². The van der Waals surface area contributed by atoms with Crippen molar-refractivity contribution in [1.82, 2.24) is 0 Å². The van der Waals surface area contributed by atoms with E-state index in [1.54, 1.807) is 0 Å². The molecule has 5 heteroatoms. The van der Waals surface area contributed by atoms with Crippen LogP contribution in [0.2, 0.25) is 0 Å². The van der Waals surface area contributed by atoms with E-state index < -0.39 is 17.9 Å². The van der Waals surface area contributed by atoms with Gasteiger partial charge >= 0.3 is 5.97 Å². The van der Waals surface area contributed by atoms with Crippen molar-refractivity contribution in [2.45, 2.75) is 26.3 Å². The van der Waals surface area contributed by atoms with Gasteiger partial charge in [-0.1, -0.05) is 32.0 Å². The molecule has 0 radical (unpaired) electrons. The lowest BCUT2D eigenvalue weighted by molar-refractivity contribution is -0.141. The molecular formula is C15H20N2O3. The van der Waals surface area contributed by atoms with E-state index >= 15 is 0 Å². The van der Waals surface area contributed by atoms with Gasteiger partial charge in [0.15, 0.2) is 0 Å². The zero-order valence-electron chi connectivity index (χ0n) is 11.7. The van der Waals surface area contributed by atoms with Crippen LogP contribution in [0.1, 0.15) is 19.4 Å². The van der Waals surface area contributed by atoms with Crippen LogP contribution in [0.4, 0.5) is 5.69 Å². The second kappa shape index (κ2) is 5.63. The molecule has 1 unspecified atom stereocenters. The molecule has 1 aliphatic rings. The van der Waals surface area contributed by atoms with Crippen LogP contribution in [0.3, 0.4) is 0 Å². The molecule has 1 heterocycles. The average Bonchev–Trinajstić information content (AvgIpc) is 2.44. The Morgan fingerprint density at radius 2 is 2.00 bits per heavy atom. The molecule has 2 rings (SSSR count). The summed E-state index contributed by atoms with van der Waals surface area (Å²) in [6.07, 6.45) is 0.451. The molecule has 5 nitrogen and oxygen atoms in total. The van der Waals surface area contributed by atoms with E-state index in [0.717, 1.165) is 11.3 Å². The highest BCUT2D eigenvalue weighted by atomic mass is 16.4. The van der Waals surface area contributed by atoms with Gasteiger partial charge in [-0.3, -0.25) is 9.59 Å². The number of hydrogen-bond donors (Lipinski definition) is 2. The first-order chi connectivity index (χ1) is 9.41. The van der Waals surface area contributed by atoms with Crippen LogP contribution >= 0.6 is 0 Å².